The van der Waals surface area contributed by atoms with Crippen LogP contribution in [0.1, 0.15) is 44.9 Å². The normalized spacial score (nSPS) is 18.4. The Labute approximate surface area is 104 Å². The quantitative estimate of drug-likeness (QED) is 0.693. The summed E-state index contributed by atoms with van der Waals surface area (Å²) in [7, 11) is 0. The summed E-state index contributed by atoms with van der Waals surface area (Å²) in [5.74, 6) is 0.438. The maximum Gasteiger partial charge on any atom is 0.223 e. The summed E-state index contributed by atoms with van der Waals surface area (Å²) in [6.45, 7) is 2.28. The van der Waals surface area contributed by atoms with Crippen molar-refractivity contribution in [3.05, 3.63) is 0 Å². The average Bonchev–Trinajstić information content (AvgIpc) is 2.28. The summed E-state index contributed by atoms with van der Waals surface area (Å²) in [6, 6.07) is 0. The third kappa shape index (κ3) is 6.64. The molecule has 1 aliphatic rings. The molecule has 0 bridgehead atoms. The lowest BCUT2D eigenvalue weighted by atomic mass is 9.90. The Morgan fingerprint density at radius 1 is 1.12 bits per heavy atom. The molecule has 4 nitrogen and oxygen atoms in total. The van der Waals surface area contributed by atoms with Crippen molar-refractivity contribution in [3.63, 3.8) is 0 Å². The van der Waals surface area contributed by atoms with E-state index in [4.69, 9.17) is 10.5 Å². The van der Waals surface area contributed by atoms with E-state index in [0.717, 1.165) is 12.8 Å². The molecule has 0 atom stereocenters. The van der Waals surface area contributed by atoms with Crippen molar-refractivity contribution in [1.82, 2.24) is 5.32 Å². The highest BCUT2D eigenvalue weighted by Crippen LogP contribution is 2.22. The van der Waals surface area contributed by atoms with Gasteiger partial charge in [-0.2, -0.15) is 0 Å². The van der Waals surface area contributed by atoms with Gasteiger partial charge in [-0.3, -0.25) is 4.79 Å². The molecule has 0 radical (unpaired) electrons. The zero-order chi connectivity index (χ0) is 12.3. The number of nitrogens with one attached hydrogen (secondary N) is 1. The molecule has 0 unspecified atom stereocenters. The second kappa shape index (κ2) is 9.42. The first-order valence-electron chi connectivity index (χ1n) is 6.90. The van der Waals surface area contributed by atoms with Gasteiger partial charge in [0.25, 0.3) is 0 Å². The van der Waals surface area contributed by atoms with Crippen LogP contribution in [-0.4, -0.2) is 32.2 Å². The van der Waals surface area contributed by atoms with Crippen LogP contribution in [-0.2, 0) is 9.53 Å². The molecule has 3 N–H and O–H groups in total. The molecule has 0 aromatic carbocycles. The lowest BCUT2D eigenvalue weighted by Crippen LogP contribution is -2.33. The maximum absolute atomic E-state index is 11.9. The van der Waals surface area contributed by atoms with Crippen molar-refractivity contribution in [3.8, 4) is 0 Å². The molecule has 1 aliphatic carbocycles. The van der Waals surface area contributed by atoms with E-state index >= 15 is 0 Å². The first kappa shape index (κ1) is 14.5. The average molecular weight is 242 g/mol. The number of carbonyl (C=O) groups is 1. The molecular weight excluding hydrogens is 216 g/mol. The molecule has 17 heavy (non-hydrogen) atoms. The fraction of sp³-hybridized carbons (Fsp3) is 0.923. The number of ether oxygens (including phenoxy) is 1. The van der Waals surface area contributed by atoms with Gasteiger partial charge in [-0.05, 0) is 12.8 Å². The number of hydrogen-bond acceptors (Lipinski definition) is 3. The van der Waals surface area contributed by atoms with E-state index in [1.807, 2.05) is 0 Å². The van der Waals surface area contributed by atoms with Crippen LogP contribution in [0.15, 0.2) is 0 Å². The van der Waals surface area contributed by atoms with E-state index in [1.54, 1.807) is 0 Å². The molecule has 4 heteroatoms. The van der Waals surface area contributed by atoms with Crippen molar-refractivity contribution in [2.75, 3.05) is 26.3 Å². The molecule has 1 fully saturated rings. The zero-order valence-electron chi connectivity index (χ0n) is 10.7. The molecule has 0 aromatic rings. The Morgan fingerprint density at radius 2 is 1.76 bits per heavy atom. The molecule has 1 amide bonds. The molecule has 0 saturated heterocycles. The lowest BCUT2D eigenvalue weighted by Gasteiger charge is -2.19. The van der Waals surface area contributed by atoms with Crippen molar-refractivity contribution in [1.29, 1.82) is 0 Å². The summed E-state index contributed by atoms with van der Waals surface area (Å²) in [5, 5.41) is 2.95. The second-order valence-electron chi connectivity index (χ2n) is 4.73. The predicted octanol–water partition coefficient (Wildman–Crippen LogP) is 1.44. The first-order valence-corrected chi connectivity index (χ1v) is 6.90. The van der Waals surface area contributed by atoms with Gasteiger partial charge in [-0.25, -0.2) is 0 Å². The maximum atomic E-state index is 11.9. The standard InChI is InChI=1S/C13H26N2O2/c14-8-10-17-11-9-15-13(16)12-6-4-2-1-3-5-7-12/h12H,1-11,14H2,(H,15,16). The molecular formula is C13H26N2O2. The Kier molecular flexibility index (Phi) is 8.01. The molecule has 0 spiro atoms. The molecule has 100 valence electrons. The highest BCUT2D eigenvalue weighted by atomic mass is 16.5. The van der Waals surface area contributed by atoms with Crippen molar-refractivity contribution in [2.24, 2.45) is 11.7 Å². The third-order valence-corrected chi connectivity index (χ3v) is 3.28. The summed E-state index contributed by atoms with van der Waals surface area (Å²) >= 11 is 0. The predicted molar refractivity (Wildman–Crippen MR) is 68.7 cm³/mol. The molecule has 0 aromatic heterocycles. The van der Waals surface area contributed by atoms with Crippen LogP contribution in [0.4, 0.5) is 0 Å². The molecule has 0 aliphatic heterocycles. The van der Waals surface area contributed by atoms with Gasteiger partial charge in [0.15, 0.2) is 0 Å². The topological polar surface area (TPSA) is 64.3 Å². The Hall–Kier alpha value is -0.610. The van der Waals surface area contributed by atoms with Gasteiger partial charge < -0.3 is 15.8 Å². The second-order valence-corrected chi connectivity index (χ2v) is 4.73. The zero-order valence-corrected chi connectivity index (χ0v) is 10.7. The minimum absolute atomic E-state index is 0.211. The SMILES string of the molecule is NCCOCCNC(=O)C1CCCCCCC1. The highest BCUT2D eigenvalue weighted by molar-refractivity contribution is 5.78. The Morgan fingerprint density at radius 3 is 2.41 bits per heavy atom. The van der Waals surface area contributed by atoms with Crippen LogP contribution in [0.5, 0.6) is 0 Å². The van der Waals surface area contributed by atoms with Crippen LogP contribution in [0.3, 0.4) is 0 Å². The first-order chi connectivity index (χ1) is 8.34. The highest BCUT2D eigenvalue weighted by Gasteiger charge is 2.18. The fourth-order valence-electron chi connectivity index (χ4n) is 2.29. The molecule has 1 saturated carbocycles. The van der Waals surface area contributed by atoms with Crippen molar-refractivity contribution >= 4 is 5.91 Å². The van der Waals surface area contributed by atoms with E-state index in [9.17, 15) is 4.79 Å². The monoisotopic (exact) mass is 242 g/mol. The third-order valence-electron chi connectivity index (χ3n) is 3.28. The number of amides is 1. The van der Waals surface area contributed by atoms with E-state index in [2.05, 4.69) is 5.32 Å². The molecule has 1 rings (SSSR count). The number of carbonyl (C=O) groups excluding carboxylic acids is 1. The largest absolute Gasteiger partial charge is 0.378 e. The summed E-state index contributed by atoms with van der Waals surface area (Å²) < 4.78 is 5.23. The van der Waals surface area contributed by atoms with Gasteiger partial charge in [-0.1, -0.05) is 32.1 Å². The van der Waals surface area contributed by atoms with Crippen LogP contribution in [0.2, 0.25) is 0 Å². The summed E-state index contributed by atoms with van der Waals surface area (Å²) in [6.07, 6.45) is 8.39. The van der Waals surface area contributed by atoms with E-state index < -0.39 is 0 Å². The van der Waals surface area contributed by atoms with E-state index in [0.29, 0.717) is 26.3 Å². The van der Waals surface area contributed by atoms with Gasteiger partial charge in [0, 0.05) is 19.0 Å². The number of hydrogen-bond donors (Lipinski definition) is 2. The van der Waals surface area contributed by atoms with Gasteiger partial charge in [0.05, 0.1) is 13.2 Å². The minimum atomic E-state index is 0.211. The van der Waals surface area contributed by atoms with Crippen molar-refractivity contribution < 1.29 is 9.53 Å². The van der Waals surface area contributed by atoms with Crippen LogP contribution >= 0.6 is 0 Å². The molecule has 0 heterocycles. The van der Waals surface area contributed by atoms with Gasteiger partial charge in [0.2, 0.25) is 5.91 Å². The van der Waals surface area contributed by atoms with Crippen LogP contribution in [0, 0.1) is 5.92 Å². The van der Waals surface area contributed by atoms with Crippen LogP contribution in [0.25, 0.3) is 0 Å². The number of nitrogens with two attached hydrogens (primary N) is 1. The van der Waals surface area contributed by atoms with Crippen molar-refractivity contribution in [2.45, 2.75) is 44.9 Å². The Balaban J connectivity index is 2.11. The number of rotatable bonds is 6. The Bertz CT molecular complexity index is 202. The smallest absolute Gasteiger partial charge is 0.223 e. The van der Waals surface area contributed by atoms with Gasteiger partial charge in [-0.15, -0.1) is 0 Å². The minimum Gasteiger partial charge on any atom is -0.378 e. The van der Waals surface area contributed by atoms with Gasteiger partial charge >= 0.3 is 0 Å². The lowest BCUT2D eigenvalue weighted by molar-refractivity contribution is -0.125. The van der Waals surface area contributed by atoms with Gasteiger partial charge in [0.1, 0.15) is 0 Å². The van der Waals surface area contributed by atoms with E-state index in [-0.39, 0.29) is 11.8 Å². The van der Waals surface area contributed by atoms with Crippen LogP contribution < -0.4 is 11.1 Å². The van der Waals surface area contributed by atoms with E-state index in [1.165, 1.54) is 32.1 Å². The fourth-order valence-corrected chi connectivity index (χ4v) is 2.29. The summed E-state index contributed by atoms with van der Waals surface area (Å²) in [4.78, 5) is 11.9. The summed E-state index contributed by atoms with van der Waals surface area (Å²) in [5.41, 5.74) is 5.31.